The highest BCUT2D eigenvalue weighted by Crippen LogP contribution is 2.28. The summed E-state index contributed by atoms with van der Waals surface area (Å²) in [5.41, 5.74) is 4.84. The molecule has 102 valence electrons. The van der Waals surface area contributed by atoms with Gasteiger partial charge >= 0.3 is 5.97 Å². The fourth-order valence-electron chi connectivity index (χ4n) is 2.46. The summed E-state index contributed by atoms with van der Waals surface area (Å²) in [7, 11) is 0. The number of carbonyl (C=O) groups is 1. The summed E-state index contributed by atoms with van der Waals surface area (Å²) < 4.78 is 6.97. The average molecular weight is 270 g/mol. The van der Waals surface area contributed by atoms with Gasteiger partial charge in [-0.25, -0.2) is 4.79 Å². The van der Waals surface area contributed by atoms with Crippen LogP contribution in [-0.2, 0) is 0 Å². The van der Waals surface area contributed by atoms with Crippen molar-refractivity contribution in [1.82, 2.24) is 9.61 Å². The summed E-state index contributed by atoms with van der Waals surface area (Å²) in [6, 6.07) is 6.07. The fraction of sp³-hybridized carbons (Fsp3) is 0.200. The number of hydrogen-bond acceptors (Lipinski definition) is 3. The van der Waals surface area contributed by atoms with Gasteiger partial charge in [0.15, 0.2) is 0 Å². The lowest BCUT2D eigenvalue weighted by molar-refractivity contribution is 0.0697. The minimum atomic E-state index is -1.03. The number of aryl methyl sites for hydroxylation is 3. The van der Waals surface area contributed by atoms with Crippen LogP contribution < -0.4 is 0 Å². The average Bonchev–Trinajstić information content (AvgIpc) is 2.87. The molecule has 0 aliphatic heterocycles. The molecule has 0 spiro atoms. The molecule has 0 saturated carbocycles. The normalized spacial score (nSPS) is 11.2. The van der Waals surface area contributed by atoms with Crippen molar-refractivity contribution >= 4 is 11.7 Å². The number of aromatic carboxylic acids is 1. The molecule has 2 aromatic heterocycles. The number of rotatable bonds is 2. The van der Waals surface area contributed by atoms with Crippen LogP contribution in [0, 0.1) is 20.8 Å². The molecule has 3 rings (SSSR count). The van der Waals surface area contributed by atoms with E-state index < -0.39 is 5.97 Å². The predicted molar refractivity (Wildman–Crippen MR) is 74.1 cm³/mol. The molecule has 0 unspecified atom stereocenters. The molecule has 1 N–H and O–H groups in total. The van der Waals surface area contributed by atoms with Gasteiger partial charge in [-0.15, -0.1) is 0 Å². The Bertz CT molecular complexity index is 827. The highest BCUT2D eigenvalue weighted by Gasteiger charge is 2.22. The maximum Gasteiger partial charge on any atom is 0.343 e. The van der Waals surface area contributed by atoms with Crippen LogP contribution in [0.1, 0.15) is 27.2 Å². The molecule has 0 aliphatic carbocycles. The lowest BCUT2D eigenvalue weighted by Gasteiger charge is -2.04. The first-order valence-corrected chi connectivity index (χ1v) is 6.27. The summed E-state index contributed by atoms with van der Waals surface area (Å²) in [6.45, 7) is 5.70. The van der Waals surface area contributed by atoms with Crippen molar-refractivity contribution in [3.8, 4) is 11.3 Å². The van der Waals surface area contributed by atoms with Crippen molar-refractivity contribution in [2.45, 2.75) is 20.8 Å². The third-order valence-corrected chi connectivity index (χ3v) is 3.40. The Morgan fingerprint density at radius 3 is 2.70 bits per heavy atom. The number of benzene rings is 1. The van der Waals surface area contributed by atoms with E-state index in [0.717, 1.165) is 16.8 Å². The third kappa shape index (κ3) is 1.71. The SMILES string of the molecule is Cc1ccc(-c2coc3c(C(=O)O)c(C)nn23)c(C)c1. The second kappa shape index (κ2) is 4.23. The van der Waals surface area contributed by atoms with E-state index in [-0.39, 0.29) is 11.3 Å². The molecule has 0 amide bonds. The maximum absolute atomic E-state index is 11.2. The van der Waals surface area contributed by atoms with Gasteiger partial charge in [0.1, 0.15) is 17.5 Å². The Morgan fingerprint density at radius 2 is 2.05 bits per heavy atom. The van der Waals surface area contributed by atoms with Crippen LogP contribution in [0.15, 0.2) is 28.9 Å². The van der Waals surface area contributed by atoms with Gasteiger partial charge in [-0.05, 0) is 26.3 Å². The largest absolute Gasteiger partial charge is 0.477 e. The first kappa shape index (κ1) is 12.5. The number of fused-ring (bicyclic) bond motifs is 1. The van der Waals surface area contributed by atoms with Crippen molar-refractivity contribution in [1.29, 1.82) is 0 Å². The van der Waals surface area contributed by atoms with Crippen molar-refractivity contribution < 1.29 is 14.3 Å². The van der Waals surface area contributed by atoms with Gasteiger partial charge in [0.2, 0.25) is 5.71 Å². The first-order chi connectivity index (χ1) is 9.49. The molecular weight excluding hydrogens is 256 g/mol. The molecule has 0 fully saturated rings. The molecule has 0 radical (unpaired) electrons. The van der Waals surface area contributed by atoms with E-state index in [1.165, 1.54) is 5.56 Å². The summed E-state index contributed by atoms with van der Waals surface area (Å²) in [5.74, 6) is -1.03. The van der Waals surface area contributed by atoms with Crippen molar-refractivity contribution in [3.63, 3.8) is 0 Å². The molecule has 3 aromatic rings. The lowest BCUT2D eigenvalue weighted by atomic mass is 10.0. The van der Waals surface area contributed by atoms with Gasteiger partial charge in [0.25, 0.3) is 0 Å². The summed E-state index contributed by atoms with van der Waals surface area (Å²) >= 11 is 0. The van der Waals surface area contributed by atoms with Crippen LogP contribution >= 0.6 is 0 Å². The van der Waals surface area contributed by atoms with Crippen LogP contribution in [0.25, 0.3) is 17.0 Å². The number of carboxylic acid groups (broad SMARTS) is 1. The fourth-order valence-corrected chi connectivity index (χ4v) is 2.46. The molecule has 1 aromatic carbocycles. The molecular formula is C15H14N2O3. The lowest BCUT2D eigenvalue weighted by Crippen LogP contribution is -1.96. The smallest absolute Gasteiger partial charge is 0.343 e. The predicted octanol–water partition coefficient (Wildman–Crippen LogP) is 3.22. The number of carboxylic acids is 1. The Hall–Kier alpha value is -2.56. The van der Waals surface area contributed by atoms with E-state index in [4.69, 9.17) is 4.42 Å². The highest BCUT2D eigenvalue weighted by atomic mass is 16.4. The zero-order chi connectivity index (χ0) is 14.4. The number of aromatic nitrogens is 2. The molecule has 0 bridgehead atoms. The van der Waals surface area contributed by atoms with Gasteiger partial charge in [0, 0.05) is 5.56 Å². The van der Waals surface area contributed by atoms with Crippen LogP contribution in [0.5, 0.6) is 0 Å². The van der Waals surface area contributed by atoms with E-state index in [2.05, 4.69) is 11.2 Å². The van der Waals surface area contributed by atoms with Gasteiger partial charge < -0.3 is 9.52 Å². The van der Waals surface area contributed by atoms with Crippen molar-refractivity contribution in [2.24, 2.45) is 0 Å². The Balaban J connectivity index is 2.28. The van der Waals surface area contributed by atoms with Crippen LogP contribution in [-0.4, -0.2) is 20.7 Å². The number of nitrogens with zero attached hydrogens (tertiary/aromatic N) is 2. The van der Waals surface area contributed by atoms with Gasteiger partial charge in [0.05, 0.1) is 5.69 Å². The topological polar surface area (TPSA) is 67.7 Å². The Kier molecular flexibility index (Phi) is 2.64. The zero-order valence-corrected chi connectivity index (χ0v) is 11.5. The second-order valence-corrected chi connectivity index (χ2v) is 4.92. The first-order valence-electron chi connectivity index (χ1n) is 6.27. The summed E-state index contributed by atoms with van der Waals surface area (Å²) in [6.07, 6.45) is 1.55. The number of hydrogen-bond donors (Lipinski definition) is 1. The van der Waals surface area contributed by atoms with Crippen molar-refractivity contribution in [3.05, 3.63) is 46.8 Å². The second-order valence-electron chi connectivity index (χ2n) is 4.92. The Labute approximate surface area is 115 Å². The molecule has 5 heteroatoms. The van der Waals surface area contributed by atoms with Crippen LogP contribution in [0.4, 0.5) is 0 Å². The monoisotopic (exact) mass is 270 g/mol. The number of oxazole rings is 1. The zero-order valence-electron chi connectivity index (χ0n) is 11.5. The third-order valence-electron chi connectivity index (χ3n) is 3.40. The Morgan fingerprint density at radius 1 is 1.30 bits per heavy atom. The molecule has 5 nitrogen and oxygen atoms in total. The quantitative estimate of drug-likeness (QED) is 0.776. The summed E-state index contributed by atoms with van der Waals surface area (Å²) in [5, 5.41) is 13.5. The van der Waals surface area contributed by atoms with Gasteiger partial charge in [-0.1, -0.05) is 23.8 Å². The van der Waals surface area contributed by atoms with Crippen LogP contribution in [0.2, 0.25) is 0 Å². The van der Waals surface area contributed by atoms with Crippen molar-refractivity contribution in [2.75, 3.05) is 0 Å². The van der Waals surface area contributed by atoms with E-state index in [9.17, 15) is 9.90 Å². The minimum absolute atomic E-state index is 0.112. The molecule has 0 atom stereocenters. The summed E-state index contributed by atoms with van der Waals surface area (Å²) in [4.78, 5) is 11.2. The molecule has 20 heavy (non-hydrogen) atoms. The molecule has 0 aliphatic rings. The standard InChI is InChI=1S/C15H14N2O3/c1-8-4-5-11(9(2)6-8)12-7-20-14-13(15(18)19)10(3)16-17(12)14/h4-7H,1-3H3,(H,18,19). The van der Waals surface area contributed by atoms with Gasteiger partial charge in [-0.3, -0.25) is 0 Å². The highest BCUT2D eigenvalue weighted by molar-refractivity contribution is 5.95. The molecule has 2 heterocycles. The minimum Gasteiger partial charge on any atom is -0.477 e. The molecule has 0 saturated heterocycles. The van der Waals surface area contributed by atoms with E-state index >= 15 is 0 Å². The van der Waals surface area contributed by atoms with Gasteiger partial charge in [-0.2, -0.15) is 9.61 Å². The van der Waals surface area contributed by atoms with E-state index in [1.54, 1.807) is 17.7 Å². The van der Waals surface area contributed by atoms with Crippen LogP contribution in [0.3, 0.4) is 0 Å². The van der Waals surface area contributed by atoms with E-state index in [1.807, 2.05) is 26.0 Å². The maximum atomic E-state index is 11.2. The van der Waals surface area contributed by atoms with E-state index in [0.29, 0.717) is 5.69 Å².